The van der Waals surface area contributed by atoms with Gasteiger partial charge in [-0.25, -0.2) is 0 Å². The van der Waals surface area contributed by atoms with Gasteiger partial charge in [0.1, 0.15) is 5.75 Å². The molecule has 1 aromatic heterocycles. The summed E-state index contributed by atoms with van der Waals surface area (Å²) in [5.74, 6) is 0.428. The van der Waals surface area contributed by atoms with Crippen molar-refractivity contribution in [1.82, 2.24) is 9.88 Å². The minimum absolute atomic E-state index is 0.0657. The van der Waals surface area contributed by atoms with Crippen LogP contribution in [0.2, 0.25) is 0 Å². The maximum Gasteiger partial charge on any atom is 0.387 e. The van der Waals surface area contributed by atoms with Crippen LogP contribution in [0.4, 0.5) is 8.78 Å². The van der Waals surface area contributed by atoms with E-state index in [-0.39, 0.29) is 29.6 Å². The fourth-order valence-electron chi connectivity index (χ4n) is 4.36. The number of hydrogen-bond donors (Lipinski definition) is 1. The number of amides is 1. The number of hydrogen-bond acceptors (Lipinski definition) is 4. The second-order valence-electron chi connectivity index (χ2n) is 7.73. The lowest BCUT2D eigenvalue weighted by molar-refractivity contribution is -0.160. The first kappa shape index (κ1) is 19.0. The predicted molar refractivity (Wildman–Crippen MR) is 91.9 cm³/mol. The third kappa shape index (κ3) is 3.82. The van der Waals surface area contributed by atoms with E-state index in [2.05, 4.69) is 9.72 Å². The molecule has 1 aromatic rings. The first-order valence-electron chi connectivity index (χ1n) is 9.17. The summed E-state index contributed by atoms with van der Waals surface area (Å²) in [5.41, 5.74) is 1.61. The van der Waals surface area contributed by atoms with Crippen molar-refractivity contribution in [3.8, 4) is 5.75 Å². The number of aliphatic hydroxyl groups is 1. The van der Waals surface area contributed by atoms with Crippen molar-refractivity contribution in [2.24, 2.45) is 17.3 Å². The normalized spacial score (nSPS) is 20.0. The Morgan fingerprint density at radius 2 is 2.12 bits per heavy atom. The van der Waals surface area contributed by atoms with E-state index in [1.807, 2.05) is 11.8 Å². The van der Waals surface area contributed by atoms with E-state index in [9.17, 15) is 18.7 Å². The molecule has 2 aliphatic rings. The molecule has 1 amide bonds. The molecular formula is C19H26F2N2O3. The molecule has 26 heavy (non-hydrogen) atoms. The van der Waals surface area contributed by atoms with E-state index < -0.39 is 6.61 Å². The number of likely N-dealkylation sites (tertiary alicyclic amines) is 1. The maximum atomic E-state index is 12.3. The van der Waals surface area contributed by atoms with Crippen LogP contribution >= 0.6 is 0 Å². The van der Waals surface area contributed by atoms with Crippen molar-refractivity contribution in [2.75, 3.05) is 19.7 Å². The Morgan fingerprint density at radius 1 is 1.42 bits per heavy atom. The molecule has 144 valence electrons. The molecule has 0 aromatic carbocycles. The minimum Gasteiger partial charge on any atom is -0.433 e. The molecule has 7 heteroatoms. The Hall–Kier alpha value is -1.76. The number of carbonyl (C=O) groups is 1. The molecule has 1 aliphatic heterocycles. The van der Waals surface area contributed by atoms with E-state index in [4.69, 9.17) is 0 Å². The number of alkyl halides is 2. The van der Waals surface area contributed by atoms with Crippen molar-refractivity contribution in [3.05, 3.63) is 23.5 Å². The van der Waals surface area contributed by atoms with Crippen LogP contribution in [-0.4, -0.2) is 47.2 Å². The number of nitrogens with zero attached hydrogens (tertiary/aromatic N) is 2. The van der Waals surface area contributed by atoms with Gasteiger partial charge in [0.25, 0.3) is 0 Å². The summed E-state index contributed by atoms with van der Waals surface area (Å²) in [6, 6.07) is 3.31. The zero-order valence-electron chi connectivity index (χ0n) is 15.3. The zero-order chi connectivity index (χ0) is 18.9. The maximum absolute atomic E-state index is 12.3. The van der Waals surface area contributed by atoms with Gasteiger partial charge >= 0.3 is 6.61 Å². The second-order valence-corrected chi connectivity index (χ2v) is 7.73. The molecule has 2 heterocycles. The van der Waals surface area contributed by atoms with Crippen molar-refractivity contribution in [1.29, 1.82) is 0 Å². The second kappa shape index (κ2) is 7.47. The first-order valence-corrected chi connectivity index (χ1v) is 9.17. The number of carbonyl (C=O) groups excluding carboxylic acids is 1. The molecule has 3 rings (SSSR count). The largest absolute Gasteiger partial charge is 0.433 e. The number of halogens is 2. The molecule has 1 spiro atoms. The lowest BCUT2D eigenvalue weighted by Crippen LogP contribution is -2.65. The van der Waals surface area contributed by atoms with E-state index in [0.717, 1.165) is 38.0 Å². The third-order valence-corrected chi connectivity index (χ3v) is 5.68. The molecule has 2 fully saturated rings. The van der Waals surface area contributed by atoms with Gasteiger partial charge in [-0.15, -0.1) is 0 Å². The fraction of sp³-hybridized carbons (Fsp3) is 0.684. The molecular weight excluding hydrogens is 342 g/mol. The van der Waals surface area contributed by atoms with Crippen molar-refractivity contribution < 1.29 is 23.4 Å². The molecule has 1 atom stereocenters. The van der Waals surface area contributed by atoms with Gasteiger partial charge in [0.05, 0.1) is 18.2 Å². The summed E-state index contributed by atoms with van der Waals surface area (Å²) in [4.78, 5) is 18.5. The van der Waals surface area contributed by atoms with Crippen molar-refractivity contribution in [3.63, 3.8) is 0 Å². The standard InChI is InChI=1S/C19H26F2N2O3/c1-3-14(9-24)17(25)23-10-19(11-23)7-13(8-19)6-15-4-5-16(12(2)22-15)26-18(20)21/h4-5,13-14,18,24H,3,6-11H2,1-2H3/t14-/m1/s1. The highest BCUT2D eigenvalue weighted by atomic mass is 19.3. The van der Waals surface area contributed by atoms with Gasteiger partial charge in [0.2, 0.25) is 5.91 Å². The molecule has 5 nitrogen and oxygen atoms in total. The van der Waals surface area contributed by atoms with Crippen molar-refractivity contribution >= 4 is 5.91 Å². The number of rotatable bonds is 7. The fourth-order valence-corrected chi connectivity index (χ4v) is 4.36. The van der Waals surface area contributed by atoms with Crippen LogP contribution in [-0.2, 0) is 11.2 Å². The van der Waals surface area contributed by atoms with Gasteiger partial charge in [0.15, 0.2) is 0 Å². The van der Waals surface area contributed by atoms with Gasteiger partial charge in [-0.1, -0.05) is 6.92 Å². The summed E-state index contributed by atoms with van der Waals surface area (Å²) in [6.07, 6.45) is 3.60. The van der Waals surface area contributed by atoms with E-state index in [1.165, 1.54) is 0 Å². The number of aryl methyl sites for hydroxylation is 1. The number of ether oxygens (including phenoxy) is 1. The Bertz CT molecular complexity index is 650. The van der Waals surface area contributed by atoms with Crippen LogP contribution in [0.5, 0.6) is 5.75 Å². The van der Waals surface area contributed by atoms with Crippen LogP contribution in [0.1, 0.15) is 37.6 Å². The molecule has 1 aliphatic carbocycles. The average Bonchev–Trinajstić information content (AvgIpc) is 2.51. The molecule has 1 saturated carbocycles. The Kier molecular flexibility index (Phi) is 5.46. The molecule has 0 radical (unpaired) electrons. The van der Waals surface area contributed by atoms with Gasteiger partial charge in [-0.3, -0.25) is 9.78 Å². The lowest BCUT2D eigenvalue weighted by atomic mass is 9.56. The zero-order valence-corrected chi connectivity index (χ0v) is 15.3. The number of aliphatic hydroxyl groups excluding tert-OH is 1. The third-order valence-electron chi connectivity index (χ3n) is 5.68. The number of aromatic nitrogens is 1. The van der Waals surface area contributed by atoms with Crippen LogP contribution in [0.25, 0.3) is 0 Å². The highest BCUT2D eigenvalue weighted by Gasteiger charge is 2.53. The number of pyridine rings is 1. The van der Waals surface area contributed by atoms with Crippen LogP contribution in [0.3, 0.4) is 0 Å². The quantitative estimate of drug-likeness (QED) is 0.804. The van der Waals surface area contributed by atoms with Crippen LogP contribution in [0.15, 0.2) is 12.1 Å². The lowest BCUT2D eigenvalue weighted by Gasteiger charge is -2.59. The van der Waals surface area contributed by atoms with Crippen molar-refractivity contribution in [2.45, 2.75) is 46.1 Å². The minimum atomic E-state index is -2.84. The summed E-state index contributed by atoms with van der Waals surface area (Å²) in [5, 5.41) is 9.26. The summed E-state index contributed by atoms with van der Waals surface area (Å²) >= 11 is 0. The monoisotopic (exact) mass is 368 g/mol. The Morgan fingerprint density at radius 3 is 2.65 bits per heavy atom. The van der Waals surface area contributed by atoms with Gasteiger partial charge in [0, 0.05) is 24.2 Å². The van der Waals surface area contributed by atoms with E-state index >= 15 is 0 Å². The van der Waals surface area contributed by atoms with Crippen LogP contribution in [0, 0.1) is 24.2 Å². The van der Waals surface area contributed by atoms with E-state index in [0.29, 0.717) is 18.0 Å². The molecule has 0 bridgehead atoms. The smallest absolute Gasteiger partial charge is 0.387 e. The Labute approximate surface area is 152 Å². The average molecular weight is 368 g/mol. The Balaban J connectivity index is 1.47. The highest BCUT2D eigenvalue weighted by Crippen LogP contribution is 2.53. The van der Waals surface area contributed by atoms with E-state index in [1.54, 1.807) is 19.1 Å². The molecule has 1 saturated heterocycles. The highest BCUT2D eigenvalue weighted by molar-refractivity contribution is 5.80. The van der Waals surface area contributed by atoms with Gasteiger partial charge in [-0.2, -0.15) is 8.78 Å². The van der Waals surface area contributed by atoms with Crippen LogP contribution < -0.4 is 4.74 Å². The molecule has 1 N–H and O–H groups in total. The summed E-state index contributed by atoms with van der Waals surface area (Å²) < 4.78 is 29.0. The topological polar surface area (TPSA) is 62.7 Å². The van der Waals surface area contributed by atoms with Gasteiger partial charge < -0.3 is 14.7 Å². The summed E-state index contributed by atoms with van der Waals surface area (Å²) in [6.45, 7) is 2.23. The first-order chi connectivity index (χ1) is 12.4. The predicted octanol–water partition coefficient (Wildman–Crippen LogP) is 2.79. The molecule has 0 unspecified atom stereocenters. The van der Waals surface area contributed by atoms with Gasteiger partial charge in [-0.05, 0) is 50.7 Å². The SMILES string of the molecule is CC[C@H](CO)C(=O)N1CC2(CC(Cc3ccc(OC(F)F)c(C)n3)C2)C1. The summed E-state index contributed by atoms with van der Waals surface area (Å²) in [7, 11) is 0.